The van der Waals surface area contributed by atoms with Crippen molar-refractivity contribution in [1.82, 2.24) is 15.8 Å². The fraction of sp³-hybridized carbons (Fsp3) is 0.0333. The van der Waals surface area contributed by atoms with Gasteiger partial charge in [0.05, 0.1) is 22.2 Å². The van der Waals surface area contributed by atoms with Gasteiger partial charge in [0.25, 0.3) is 11.8 Å². The van der Waals surface area contributed by atoms with Crippen LogP contribution >= 0.6 is 11.6 Å². The zero-order valence-electron chi connectivity index (χ0n) is 22.3. The minimum absolute atomic E-state index is 0.0562. The first-order chi connectivity index (χ1) is 21.0. The standard InChI is InChI=1S/C30H20ClF3N6O4/c31-25-10-7-21(15-24(25)30(32,33)34)38-29(43)37-20-5-8-22(9-6-20)44-23-12-13-36-26(16-23)28(42)40-39-27(41)11-4-18-2-1-3-19(14-18)17-35/h1-16H,(H,39,41)(H,40,42)(H2,37,38,43). The molecule has 0 fully saturated rings. The maximum Gasteiger partial charge on any atom is 0.417 e. The highest BCUT2D eigenvalue weighted by atomic mass is 35.5. The van der Waals surface area contributed by atoms with E-state index in [1.807, 2.05) is 6.07 Å². The molecule has 4 aromatic rings. The van der Waals surface area contributed by atoms with Gasteiger partial charge in [-0.2, -0.15) is 18.4 Å². The van der Waals surface area contributed by atoms with Crippen molar-refractivity contribution in [3.8, 4) is 17.6 Å². The summed E-state index contributed by atoms with van der Waals surface area (Å²) >= 11 is 5.60. The van der Waals surface area contributed by atoms with Crippen LogP contribution in [0.3, 0.4) is 0 Å². The molecule has 44 heavy (non-hydrogen) atoms. The second-order valence-electron chi connectivity index (χ2n) is 8.79. The summed E-state index contributed by atoms with van der Waals surface area (Å²) in [7, 11) is 0. The number of urea groups is 1. The third kappa shape index (κ3) is 8.81. The lowest BCUT2D eigenvalue weighted by Crippen LogP contribution is -2.41. The number of ether oxygens (including phenoxy) is 1. The van der Waals surface area contributed by atoms with Gasteiger partial charge in [-0.15, -0.1) is 0 Å². The number of alkyl halides is 3. The summed E-state index contributed by atoms with van der Waals surface area (Å²) < 4.78 is 44.9. The molecule has 0 aliphatic heterocycles. The van der Waals surface area contributed by atoms with Crippen molar-refractivity contribution in [2.75, 3.05) is 10.6 Å². The summed E-state index contributed by atoms with van der Waals surface area (Å²) in [6, 6.07) is 19.7. The maximum atomic E-state index is 13.1. The third-order valence-corrected chi connectivity index (χ3v) is 5.91. The Bertz CT molecular complexity index is 1770. The molecule has 4 rings (SSSR count). The number of anilines is 2. The van der Waals surface area contributed by atoms with Gasteiger partial charge in [0.2, 0.25) is 0 Å². The Morgan fingerprint density at radius 2 is 1.61 bits per heavy atom. The summed E-state index contributed by atoms with van der Waals surface area (Å²) in [6.45, 7) is 0. The highest BCUT2D eigenvalue weighted by molar-refractivity contribution is 6.31. The van der Waals surface area contributed by atoms with Crippen molar-refractivity contribution in [2.24, 2.45) is 0 Å². The van der Waals surface area contributed by atoms with Gasteiger partial charge in [0.15, 0.2) is 0 Å². The fourth-order valence-electron chi connectivity index (χ4n) is 3.56. The van der Waals surface area contributed by atoms with Crippen LogP contribution in [0.5, 0.6) is 11.5 Å². The summed E-state index contributed by atoms with van der Waals surface area (Å²) in [5, 5.41) is 13.3. The molecule has 4 N–H and O–H groups in total. The summed E-state index contributed by atoms with van der Waals surface area (Å²) in [5.74, 6) is -0.748. The zero-order chi connectivity index (χ0) is 31.7. The summed E-state index contributed by atoms with van der Waals surface area (Å²) in [5.41, 5.74) is 4.62. The predicted octanol–water partition coefficient (Wildman–Crippen LogP) is 6.54. The van der Waals surface area contributed by atoms with Crippen LogP contribution in [-0.4, -0.2) is 22.8 Å². The molecule has 0 atom stereocenters. The lowest BCUT2D eigenvalue weighted by molar-refractivity contribution is -0.137. The number of hydrazine groups is 1. The first-order valence-corrected chi connectivity index (χ1v) is 12.9. The third-order valence-electron chi connectivity index (χ3n) is 5.58. The molecular formula is C30H20ClF3N6O4. The molecule has 0 bridgehead atoms. The molecule has 0 saturated heterocycles. The normalized spacial score (nSPS) is 10.9. The van der Waals surface area contributed by atoms with Crippen LogP contribution in [0.15, 0.2) is 91.1 Å². The fourth-order valence-corrected chi connectivity index (χ4v) is 3.79. The van der Waals surface area contributed by atoms with Crippen LogP contribution in [0, 0.1) is 11.3 Å². The molecule has 0 spiro atoms. The van der Waals surface area contributed by atoms with E-state index in [0.717, 1.165) is 12.1 Å². The van der Waals surface area contributed by atoms with E-state index in [4.69, 9.17) is 21.6 Å². The van der Waals surface area contributed by atoms with Gasteiger partial charge in [-0.3, -0.25) is 25.4 Å². The number of nitrogens with zero attached hydrogens (tertiary/aromatic N) is 2. The van der Waals surface area contributed by atoms with Gasteiger partial charge < -0.3 is 15.4 Å². The number of carbonyl (C=O) groups is 3. The van der Waals surface area contributed by atoms with Crippen LogP contribution in [-0.2, 0) is 11.0 Å². The number of nitrogens with one attached hydrogen (secondary N) is 4. The lowest BCUT2D eigenvalue weighted by Gasteiger charge is -2.12. The number of nitriles is 1. The molecule has 4 amide bonds. The topological polar surface area (TPSA) is 145 Å². The number of halogens is 4. The Kier molecular flexibility index (Phi) is 9.79. The number of benzene rings is 3. The Morgan fingerprint density at radius 3 is 2.34 bits per heavy atom. The van der Waals surface area contributed by atoms with Crippen molar-refractivity contribution in [3.05, 3.63) is 119 Å². The van der Waals surface area contributed by atoms with Crippen LogP contribution in [0.1, 0.15) is 27.2 Å². The Morgan fingerprint density at radius 1 is 0.886 bits per heavy atom. The van der Waals surface area contributed by atoms with Gasteiger partial charge >= 0.3 is 12.2 Å². The molecule has 14 heteroatoms. The molecule has 0 aliphatic rings. The minimum Gasteiger partial charge on any atom is -0.457 e. The second-order valence-corrected chi connectivity index (χ2v) is 9.20. The van der Waals surface area contributed by atoms with Gasteiger partial charge in [0, 0.05) is 29.7 Å². The SMILES string of the molecule is N#Cc1cccc(C=CC(=O)NNC(=O)c2cc(Oc3ccc(NC(=O)Nc4ccc(Cl)c(C(F)(F)F)c4)cc3)ccn2)c1. The largest absolute Gasteiger partial charge is 0.457 e. The molecule has 0 radical (unpaired) electrons. The Hall–Kier alpha value is -5.87. The predicted molar refractivity (Wildman–Crippen MR) is 156 cm³/mol. The van der Waals surface area contributed by atoms with E-state index in [0.29, 0.717) is 22.6 Å². The van der Waals surface area contributed by atoms with Gasteiger partial charge in [-0.1, -0.05) is 23.7 Å². The molecule has 0 saturated carbocycles. The molecule has 0 aliphatic carbocycles. The smallest absolute Gasteiger partial charge is 0.417 e. The molecule has 1 aromatic heterocycles. The maximum absolute atomic E-state index is 13.1. The van der Waals surface area contributed by atoms with E-state index in [1.165, 1.54) is 60.8 Å². The summed E-state index contributed by atoms with van der Waals surface area (Å²) in [4.78, 5) is 40.8. The molecule has 3 aromatic carbocycles. The van der Waals surface area contributed by atoms with E-state index >= 15 is 0 Å². The van der Waals surface area contributed by atoms with Gasteiger partial charge in [-0.25, -0.2) is 4.79 Å². The highest BCUT2D eigenvalue weighted by Gasteiger charge is 2.33. The van der Waals surface area contributed by atoms with Crippen LogP contribution in [0.2, 0.25) is 5.02 Å². The zero-order valence-corrected chi connectivity index (χ0v) is 23.0. The number of pyridine rings is 1. The van der Waals surface area contributed by atoms with E-state index < -0.39 is 34.6 Å². The van der Waals surface area contributed by atoms with Crippen molar-refractivity contribution in [1.29, 1.82) is 5.26 Å². The van der Waals surface area contributed by atoms with E-state index in [-0.39, 0.29) is 17.1 Å². The quantitative estimate of drug-likeness (QED) is 0.136. The van der Waals surface area contributed by atoms with Crippen molar-refractivity contribution in [3.63, 3.8) is 0 Å². The van der Waals surface area contributed by atoms with Crippen LogP contribution < -0.4 is 26.2 Å². The lowest BCUT2D eigenvalue weighted by atomic mass is 10.1. The number of hydrogen-bond donors (Lipinski definition) is 4. The molecule has 10 nitrogen and oxygen atoms in total. The van der Waals surface area contributed by atoms with Crippen LogP contribution in [0.4, 0.5) is 29.3 Å². The number of hydrogen-bond acceptors (Lipinski definition) is 6. The number of aromatic nitrogens is 1. The first-order valence-electron chi connectivity index (χ1n) is 12.5. The highest BCUT2D eigenvalue weighted by Crippen LogP contribution is 2.36. The van der Waals surface area contributed by atoms with Gasteiger partial charge in [-0.05, 0) is 72.3 Å². The average Bonchev–Trinajstić information content (AvgIpc) is 3.00. The van der Waals surface area contributed by atoms with E-state index in [2.05, 4.69) is 26.5 Å². The average molecular weight is 621 g/mol. The summed E-state index contributed by atoms with van der Waals surface area (Å²) in [6.07, 6.45) is -0.681. The molecule has 0 unspecified atom stereocenters. The van der Waals surface area contributed by atoms with Gasteiger partial charge in [0.1, 0.15) is 17.2 Å². The molecular weight excluding hydrogens is 601 g/mol. The van der Waals surface area contributed by atoms with Crippen LogP contribution in [0.25, 0.3) is 6.08 Å². The molecule has 222 valence electrons. The Balaban J connectivity index is 1.29. The van der Waals surface area contributed by atoms with Crippen molar-refractivity contribution in [2.45, 2.75) is 6.18 Å². The number of amides is 4. The van der Waals surface area contributed by atoms with Crippen molar-refractivity contribution >= 4 is 46.9 Å². The monoisotopic (exact) mass is 620 g/mol. The number of rotatable bonds is 7. The van der Waals surface area contributed by atoms with Crippen molar-refractivity contribution < 1.29 is 32.3 Å². The molecule has 1 heterocycles. The minimum atomic E-state index is -4.68. The second kappa shape index (κ2) is 13.9. The number of carbonyl (C=O) groups excluding carboxylic acids is 3. The van der Waals surface area contributed by atoms with E-state index in [9.17, 15) is 27.6 Å². The Labute approximate surface area is 253 Å². The first kappa shape index (κ1) is 31.1. The van der Waals surface area contributed by atoms with E-state index in [1.54, 1.807) is 24.3 Å².